The quantitative estimate of drug-likeness (QED) is 0.677. The standard InChI is InChI=1S/C22H20ClFN4O3/c1-14-13-25-22(31)28(14)17-5-2-15(3-6-17)20(29)26-8-10-27(11-9-26)21(30)18-7-4-16(24)12-19(18)23/h2-7,12-13H,8-11H2,1H3,(H,25,31). The fourth-order valence-electron chi connectivity index (χ4n) is 3.66. The van der Waals surface area contributed by atoms with Gasteiger partial charge in [-0.3, -0.25) is 14.2 Å². The number of nitrogens with one attached hydrogen (secondary N) is 1. The number of piperazine rings is 1. The fraction of sp³-hybridized carbons (Fsp3) is 0.227. The lowest BCUT2D eigenvalue weighted by Gasteiger charge is -2.35. The molecule has 1 aromatic heterocycles. The zero-order chi connectivity index (χ0) is 22.1. The molecule has 7 nitrogen and oxygen atoms in total. The highest BCUT2D eigenvalue weighted by molar-refractivity contribution is 6.33. The van der Waals surface area contributed by atoms with E-state index in [1.54, 1.807) is 40.3 Å². The monoisotopic (exact) mass is 442 g/mol. The highest BCUT2D eigenvalue weighted by Crippen LogP contribution is 2.20. The van der Waals surface area contributed by atoms with Gasteiger partial charge in [0.25, 0.3) is 11.8 Å². The van der Waals surface area contributed by atoms with Gasteiger partial charge in [0.2, 0.25) is 0 Å². The molecule has 0 radical (unpaired) electrons. The van der Waals surface area contributed by atoms with E-state index in [0.717, 1.165) is 11.8 Å². The van der Waals surface area contributed by atoms with Crippen molar-refractivity contribution in [3.63, 3.8) is 0 Å². The van der Waals surface area contributed by atoms with Crippen LogP contribution in [0, 0.1) is 12.7 Å². The number of carbonyl (C=O) groups excluding carboxylic acids is 2. The maximum Gasteiger partial charge on any atom is 0.330 e. The van der Waals surface area contributed by atoms with Crippen LogP contribution in [0.5, 0.6) is 0 Å². The highest BCUT2D eigenvalue weighted by atomic mass is 35.5. The lowest BCUT2D eigenvalue weighted by molar-refractivity contribution is 0.0535. The largest absolute Gasteiger partial charge is 0.335 e. The molecule has 9 heteroatoms. The molecular formula is C22H20ClFN4O3. The number of hydrogen-bond donors (Lipinski definition) is 1. The summed E-state index contributed by atoms with van der Waals surface area (Å²) in [6.07, 6.45) is 1.63. The van der Waals surface area contributed by atoms with E-state index in [9.17, 15) is 18.8 Å². The zero-order valence-electron chi connectivity index (χ0n) is 16.8. The van der Waals surface area contributed by atoms with Crippen molar-refractivity contribution in [1.82, 2.24) is 19.4 Å². The molecule has 1 N–H and O–H groups in total. The Labute approximate surface area is 182 Å². The van der Waals surface area contributed by atoms with E-state index in [2.05, 4.69) is 4.98 Å². The summed E-state index contributed by atoms with van der Waals surface area (Å²) >= 11 is 6.00. The lowest BCUT2D eigenvalue weighted by Crippen LogP contribution is -2.50. The summed E-state index contributed by atoms with van der Waals surface area (Å²) in [6, 6.07) is 10.5. The highest BCUT2D eigenvalue weighted by Gasteiger charge is 2.26. The first-order chi connectivity index (χ1) is 14.8. The van der Waals surface area contributed by atoms with E-state index < -0.39 is 5.82 Å². The van der Waals surface area contributed by atoms with Crippen LogP contribution in [-0.2, 0) is 0 Å². The molecule has 2 amide bonds. The summed E-state index contributed by atoms with van der Waals surface area (Å²) in [5, 5.41) is 0.0698. The van der Waals surface area contributed by atoms with E-state index in [4.69, 9.17) is 11.6 Å². The Morgan fingerprint density at radius 2 is 1.58 bits per heavy atom. The maximum atomic E-state index is 13.2. The average molecular weight is 443 g/mol. The van der Waals surface area contributed by atoms with Gasteiger partial charge in [-0.05, 0) is 49.4 Å². The topological polar surface area (TPSA) is 78.4 Å². The Balaban J connectivity index is 1.41. The van der Waals surface area contributed by atoms with Crippen LogP contribution in [0.3, 0.4) is 0 Å². The molecule has 3 aromatic rings. The Morgan fingerprint density at radius 1 is 0.968 bits per heavy atom. The Bertz CT molecular complexity index is 1190. The molecule has 0 atom stereocenters. The van der Waals surface area contributed by atoms with Gasteiger partial charge in [0.1, 0.15) is 5.82 Å². The summed E-state index contributed by atoms with van der Waals surface area (Å²) in [6.45, 7) is 3.28. The summed E-state index contributed by atoms with van der Waals surface area (Å²) in [4.78, 5) is 43.3. The van der Waals surface area contributed by atoms with Crippen molar-refractivity contribution < 1.29 is 14.0 Å². The second kappa shape index (κ2) is 8.39. The van der Waals surface area contributed by atoms with E-state index in [-0.39, 0.29) is 28.1 Å². The number of hydrogen-bond acceptors (Lipinski definition) is 3. The first kappa shape index (κ1) is 20.9. The van der Waals surface area contributed by atoms with Crippen molar-refractivity contribution >= 4 is 23.4 Å². The molecule has 1 aliphatic rings. The Morgan fingerprint density at radius 3 is 2.13 bits per heavy atom. The number of benzene rings is 2. The van der Waals surface area contributed by atoms with E-state index in [1.807, 2.05) is 6.92 Å². The summed E-state index contributed by atoms with van der Waals surface area (Å²) in [5.74, 6) is -0.926. The van der Waals surface area contributed by atoms with Crippen molar-refractivity contribution in [2.75, 3.05) is 26.2 Å². The average Bonchev–Trinajstić information content (AvgIpc) is 3.11. The van der Waals surface area contributed by atoms with Crippen LogP contribution >= 0.6 is 11.6 Å². The van der Waals surface area contributed by atoms with Crippen molar-refractivity contribution in [3.05, 3.63) is 86.8 Å². The summed E-state index contributed by atoms with van der Waals surface area (Å²) < 4.78 is 14.8. The van der Waals surface area contributed by atoms with E-state index in [0.29, 0.717) is 37.4 Å². The van der Waals surface area contributed by atoms with E-state index >= 15 is 0 Å². The molecule has 2 aromatic carbocycles. The van der Waals surface area contributed by atoms with Crippen molar-refractivity contribution in [2.45, 2.75) is 6.92 Å². The normalized spacial score (nSPS) is 14.0. The van der Waals surface area contributed by atoms with Gasteiger partial charge in [0, 0.05) is 43.6 Å². The smallest absolute Gasteiger partial charge is 0.330 e. The van der Waals surface area contributed by atoms with Crippen LogP contribution in [0.2, 0.25) is 5.02 Å². The number of amides is 2. The van der Waals surface area contributed by atoms with Crippen molar-refractivity contribution in [3.8, 4) is 5.69 Å². The van der Waals surface area contributed by atoms with Crippen molar-refractivity contribution in [2.24, 2.45) is 0 Å². The minimum atomic E-state index is -0.500. The number of aromatic amines is 1. The van der Waals surface area contributed by atoms with Crippen LogP contribution in [0.4, 0.5) is 4.39 Å². The van der Waals surface area contributed by atoms with Gasteiger partial charge in [0.05, 0.1) is 16.3 Å². The number of H-pyrrole nitrogens is 1. The summed E-state index contributed by atoms with van der Waals surface area (Å²) in [5.41, 5.74) is 1.96. The first-order valence-corrected chi connectivity index (χ1v) is 10.1. The SMILES string of the molecule is Cc1c[nH]c(=O)n1-c1ccc(C(=O)N2CCN(C(=O)c3ccc(F)cc3Cl)CC2)cc1. The van der Waals surface area contributed by atoms with Gasteiger partial charge in [0.15, 0.2) is 0 Å². The zero-order valence-corrected chi connectivity index (χ0v) is 17.5. The third-order valence-electron chi connectivity index (χ3n) is 5.35. The molecule has 0 aliphatic carbocycles. The number of aromatic nitrogens is 2. The first-order valence-electron chi connectivity index (χ1n) is 9.76. The number of rotatable bonds is 3. The Hall–Kier alpha value is -3.39. The van der Waals surface area contributed by atoms with Crippen LogP contribution in [-0.4, -0.2) is 57.3 Å². The second-order valence-electron chi connectivity index (χ2n) is 7.33. The molecule has 1 saturated heterocycles. The molecule has 2 heterocycles. The number of imidazole rings is 1. The van der Waals surface area contributed by atoms with Crippen LogP contribution in [0.15, 0.2) is 53.5 Å². The van der Waals surface area contributed by atoms with Gasteiger partial charge in [-0.15, -0.1) is 0 Å². The van der Waals surface area contributed by atoms with Gasteiger partial charge in [-0.1, -0.05) is 11.6 Å². The molecular weight excluding hydrogens is 423 g/mol. The van der Waals surface area contributed by atoms with Gasteiger partial charge < -0.3 is 14.8 Å². The maximum absolute atomic E-state index is 13.2. The number of halogens is 2. The number of aryl methyl sites for hydroxylation is 1. The van der Waals surface area contributed by atoms with Gasteiger partial charge >= 0.3 is 5.69 Å². The molecule has 0 spiro atoms. The third-order valence-corrected chi connectivity index (χ3v) is 5.66. The molecule has 0 saturated carbocycles. The van der Waals surface area contributed by atoms with Gasteiger partial charge in [-0.2, -0.15) is 0 Å². The van der Waals surface area contributed by atoms with Gasteiger partial charge in [-0.25, -0.2) is 9.18 Å². The predicted octanol–water partition coefficient (Wildman–Crippen LogP) is 2.86. The molecule has 160 valence electrons. The van der Waals surface area contributed by atoms with Crippen molar-refractivity contribution in [1.29, 1.82) is 0 Å². The van der Waals surface area contributed by atoms with Crippen LogP contribution < -0.4 is 5.69 Å². The van der Waals surface area contributed by atoms with E-state index in [1.165, 1.54) is 16.7 Å². The minimum Gasteiger partial charge on any atom is -0.335 e. The lowest BCUT2D eigenvalue weighted by atomic mass is 10.1. The molecule has 4 rings (SSSR count). The molecule has 0 bridgehead atoms. The molecule has 0 unspecified atom stereocenters. The molecule has 1 aliphatic heterocycles. The molecule has 1 fully saturated rings. The Kier molecular flexibility index (Phi) is 5.65. The number of nitrogens with zero attached hydrogens (tertiary/aromatic N) is 3. The predicted molar refractivity (Wildman–Crippen MR) is 114 cm³/mol. The fourth-order valence-corrected chi connectivity index (χ4v) is 3.91. The second-order valence-corrected chi connectivity index (χ2v) is 7.73. The molecule has 31 heavy (non-hydrogen) atoms. The van der Waals surface area contributed by atoms with Crippen LogP contribution in [0.1, 0.15) is 26.4 Å². The van der Waals surface area contributed by atoms with Crippen LogP contribution in [0.25, 0.3) is 5.69 Å². The summed E-state index contributed by atoms with van der Waals surface area (Å²) in [7, 11) is 0. The number of carbonyl (C=O) groups is 2. The minimum absolute atomic E-state index is 0.0698. The third kappa shape index (κ3) is 4.11.